The Morgan fingerprint density at radius 2 is 1.81 bits per heavy atom. The number of para-hydroxylation sites is 1. The van der Waals surface area contributed by atoms with E-state index in [1.165, 1.54) is 19.3 Å². The molecule has 0 atom stereocenters. The van der Waals surface area contributed by atoms with Gasteiger partial charge in [-0.3, -0.25) is 9.59 Å². The smallest absolute Gasteiger partial charge is 0.227 e. The summed E-state index contributed by atoms with van der Waals surface area (Å²) in [6.07, 6.45) is 5.65. The zero-order valence-corrected chi connectivity index (χ0v) is 21.3. The molecule has 2 N–H and O–H groups in total. The fourth-order valence-corrected chi connectivity index (χ4v) is 4.61. The van der Waals surface area contributed by atoms with Crippen LogP contribution in [0.4, 0.5) is 11.4 Å². The number of ketones is 1. The standard InChI is InChI=1S/C17H25NO2.C9H10BrNO/c1-4-13-6-8-14(9-7-13)17(19)18-15-10-5-12(2)16(11-15)20-3;1-6(12)7-4-3-5-8(10)9(7)11-2/h5,10-11,13-14H,4,6-9H2,1-3H3,(H,18,19);3-5,11H,1-2H3. The van der Waals surface area contributed by atoms with Gasteiger partial charge in [-0.1, -0.05) is 25.5 Å². The number of carbonyl (C=O) groups is 2. The third-order valence-electron chi connectivity index (χ3n) is 6.11. The molecule has 2 aromatic rings. The maximum absolute atomic E-state index is 12.3. The lowest BCUT2D eigenvalue weighted by Gasteiger charge is -2.27. The number of methoxy groups -OCH3 is 1. The molecule has 0 bridgehead atoms. The van der Waals surface area contributed by atoms with Gasteiger partial charge in [-0.15, -0.1) is 0 Å². The van der Waals surface area contributed by atoms with Crippen LogP contribution in [0.25, 0.3) is 0 Å². The molecule has 1 saturated carbocycles. The van der Waals surface area contributed by atoms with E-state index in [2.05, 4.69) is 33.5 Å². The molecule has 0 aliphatic heterocycles. The topological polar surface area (TPSA) is 67.4 Å². The molecule has 32 heavy (non-hydrogen) atoms. The van der Waals surface area contributed by atoms with Crippen LogP contribution in [0, 0.1) is 18.8 Å². The number of benzene rings is 2. The van der Waals surface area contributed by atoms with E-state index < -0.39 is 0 Å². The van der Waals surface area contributed by atoms with E-state index in [1.54, 1.807) is 27.1 Å². The molecule has 0 saturated heterocycles. The van der Waals surface area contributed by atoms with Crippen molar-refractivity contribution in [2.24, 2.45) is 11.8 Å². The highest BCUT2D eigenvalue weighted by Gasteiger charge is 2.25. The number of hydrogen-bond acceptors (Lipinski definition) is 4. The summed E-state index contributed by atoms with van der Waals surface area (Å²) in [5, 5.41) is 6.00. The number of amides is 1. The predicted octanol–water partition coefficient (Wildman–Crippen LogP) is 6.85. The van der Waals surface area contributed by atoms with Gasteiger partial charge >= 0.3 is 0 Å². The lowest BCUT2D eigenvalue weighted by atomic mass is 9.80. The van der Waals surface area contributed by atoms with Crippen molar-refractivity contribution in [3.8, 4) is 5.75 Å². The summed E-state index contributed by atoms with van der Waals surface area (Å²) in [6, 6.07) is 11.4. The zero-order chi connectivity index (χ0) is 23.7. The molecule has 3 rings (SSSR count). The van der Waals surface area contributed by atoms with Gasteiger partial charge in [-0.05, 0) is 85.1 Å². The Kier molecular flexibility index (Phi) is 10.2. The molecule has 174 valence electrons. The zero-order valence-electron chi connectivity index (χ0n) is 19.8. The highest BCUT2D eigenvalue weighted by atomic mass is 79.9. The fourth-order valence-electron chi connectivity index (χ4n) is 4.05. The van der Waals surface area contributed by atoms with Crippen LogP contribution in [-0.4, -0.2) is 25.8 Å². The second-order valence-electron chi connectivity index (χ2n) is 8.27. The first-order chi connectivity index (χ1) is 15.3. The molecule has 0 unspecified atom stereocenters. The maximum Gasteiger partial charge on any atom is 0.227 e. The fraction of sp³-hybridized carbons (Fsp3) is 0.462. The molecular formula is C26H35BrN2O3. The minimum atomic E-state index is 0.0700. The van der Waals surface area contributed by atoms with Gasteiger partial charge in [0, 0.05) is 34.8 Å². The average Bonchev–Trinajstić information content (AvgIpc) is 2.80. The third-order valence-corrected chi connectivity index (χ3v) is 6.77. The van der Waals surface area contributed by atoms with Gasteiger partial charge in [0.25, 0.3) is 0 Å². The quantitative estimate of drug-likeness (QED) is 0.423. The Bertz CT molecular complexity index is 921. The average molecular weight is 503 g/mol. The summed E-state index contributed by atoms with van der Waals surface area (Å²) in [6.45, 7) is 5.79. The van der Waals surface area contributed by atoms with Crippen LogP contribution in [0.15, 0.2) is 40.9 Å². The van der Waals surface area contributed by atoms with Crippen molar-refractivity contribution in [1.82, 2.24) is 0 Å². The third kappa shape index (κ3) is 7.09. The largest absolute Gasteiger partial charge is 0.496 e. The summed E-state index contributed by atoms with van der Waals surface area (Å²) >= 11 is 3.36. The number of hydrogen-bond donors (Lipinski definition) is 2. The number of aryl methyl sites for hydroxylation is 1. The minimum Gasteiger partial charge on any atom is -0.496 e. The summed E-state index contributed by atoms with van der Waals surface area (Å²) in [7, 11) is 3.45. The van der Waals surface area contributed by atoms with Crippen LogP contribution in [0.5, 0.6) is 5.75 Å². The molecule has 1 amide bonds. The maximum atomic E-state index is 12.3. The Morgan fingerprint density at radius 3 is 2.34 bits per heavy atom. The molecule has 5 nitrogen and oxygen atoms in total. The van der Waals surface area contributed by atoms with Crippen LogP contribution in [0.1, 0.15) is 61.9 Å². The van der Waals surface area contributed by atoms with Gasteiger partial charge in [0.05, 0.1) is 12.8 Å². The predicted molar refractivity (Wildman–Crippen MR) is 136 cm³/mol. The Balaban J connectivity index is 0.000000258. The Hall–Kier alpha value is -2.34. The van der Waals surface area contributed by atoms with Gasteiger partial charge in [0.2, 0.25) is 5.91 Å². The van der Waals surface area contributed by atoms with Crippen molar-refractivity contribution in [2.45, 2.75) is 52.9 Å². The Morgan fingerprint density at radius 1 is 1.12 bits per heavy atom. The highest BCUT2D eigenvalue weighted by molar-refractivity contribution is 9.10. The van der Waals surface area contributed by atoms with Gasteiger partial charge in [-0.2, -0.15) is 0 Å². The van der Waals surface area contributed by atoms with Gasteiger partial charge in [0.1, 0.15) is 5.75 Å². The van der Waals surface area contributed by atoms with Crippen LogP contribution in [-0.2, 0) is 4.79 Å². The molecule has 1 aliphatic carbocycles. The van der Waals surface area contributed by atoms with E-state index in [0.717, 1.165) is 45.9 Å². The van der Waals surface area contributed by atoms with E-state index in [1.807, 2.05) is 37.3 Å². The molecule has 0 spiro atoms. The molecule has 0 aromatic heterocycles. The van der Waals surface area contributed by atoms with Crippen LogP contribution in [0.2, 0.25) is 0 Å². The van der Waals surface area contributed by atoms with Crippen molar-refractivity contribution in [3.05, 3.63) is 52.0 Å². The molecule has 1 fully saturated rings. The number of Topliss-reactive ketones (excluding diaryl/α,β-unsaturated/α-hetero) is 1. The molecular weight excluding hydrogens is 468 g/mol. The summed E-state index contributed by atoms with van der Waals surface area (Å²) in [5.41, 5.74) is 3.47. The van der Waals surface area contributed by atoms with E-state index in [-0.39, 0.29) is 17.6 Å². The van der Waals surface area contributed by atoms with E-state index in [9.17, 15) is 9.59 Å². The van der Waals surface area contributed by atoms with Crippen LogP contribution in [0.3, 0.4) is 0 Å². The Labute approximate surface area is 200 Å². The first-order valence-corrected chi connectivity index (χ1v) is 12.0. The van der Waals surface area contributed by atoms with Gasteiger partial charge in [-0.25, -0.2) is 0 Å². The normalized spacial score (nSPS) is 17.6. The summed E-state index contributed by atoms with van der Waals surface area (Å²) in [4.78, 5) is 23.4. The van der Waals surface area contributed by atoms with Crippen molar-refractivity contribution < 1.29 is 14.3 Å². The monoisotopic (exact) mass is 502 g/mol. The molecule has 1 aliphatic rings. The molecule has 2 aromatic carbocycles. The number of nitrogens with one attached hydrogen (secondary N) is 2. The number of ether oxygens (including phenoxy) is 1. The van der Waals surface area contributed by atoms with Gasteiger partial charge < -0.3 is 15.4 Å². The lowest BCUT2D eigenvalue weighted by molar-refractivity contribution is -0.121. The van der Waals surface area contributed by atoms with Crippen molar-refractivity contribution >= 4 is 39.0 Å². The molecule has 6 heteroatoms. The first kappa shape index (κ1) is 25.9. The van der Waals surface area contributed by atoms with Crippen molar-refractivity contribution in [2.75, 3.05) is 24.8 Å². The highest BCUT2D eigenvalue weighted by Crippen LogP contribution is 2.32. The van der Waals surface area contributed by atoms with Crippen LogP contribution < -0.4 is 15.4 Å². The number of anilines is 2. The van der Waals surface area contributed by atoms with Crippen molar-refractivity contribution in [3.63, 3.8) is 0 Å². The lowest BCUT2D eigenvalue weighted by Crippen LogP contribution is -2.27. The number of carbonyl (C=O) groups excluding carboxylic acids is 2. The summed E-state index contributed by atoms with van der Waals surface area (Å²) in [5.74, 6) is 2.03. The molecule has 0 radical (unpaired) electrons. The second kappa shape index (κ2) is 12.6. The van der Waals surface area contributed by atoms with Gasteiger partial charge in [0.15, 0.2) is 5.78 Å². The number of rotatable bonds is 6. The number of halogens is 1. The van der Waals surface area contributed by atoms with E-state index in [4.69, 9.17) is 4.74 Å². The van der Waals surface area contributed by atoms with Crippen molar-refractivity contribution in [1.29, 1.82) is 0 Å². The first-order valence-electron chi connectivity index (χ1n) is 11.2. The minimum absolute atomic E-state index is 0.0700. The SMILES string of the molecule is CCC1CCC(C(=O)Nc2ccc(C)c(OC)c2)CC1.CNc1c(Br)cccc1C(C)=O. The molecule has 0 heterocycles. The van der Waals surface area contributed by atoms with Crippen LogP contribution >= 0.6 is 15.9 Å². The van der Waals surface area contributed by atoms with E-state index in [0.29, 0.717) is 5.56 Å². The second-order valence-corrected chi connectivity index (χ2v) is 9.12. The van der Waals surface area contributed by atoms with E-state index >= 15 is 0 Å². The summed E-state index contributed by atoms with van der Waals surface area (Å²) < 4.78 is 6.20.